The molecule has 1 aromatic heterocycles. The second-order valence-electron chi connectivity index (χ2n) is 3.97. The van der Waals surface area contributed by atoms with Gasteiger partial charge in [0.1, 0.15) is 0 Å². The third-order valence-electron chi connectivity index (χ3n) is 2.55. The van der Waals surface area contributed by atoms with Gasteiger partial charge >= 0.3 is 0 Å². The Kier molecular flexibility index (Phi) is 3.41. The van der Waals surface area contributed by atoms with Crippen molar-refractivity contribution >= 4 is 10.1 Å². The molecule has 0 aliphatic rings. The molecule has 0 aliphatic heterocycles. The lowest BCUT2D eigenvalue weighted by Gasteiger charge is -2.08. The zero-order valence-electron chi connectivity index (χ0n) is 9.70. The fourth-order valence-corrected chi connectivity index (χ4v) is 2.58. The van der Waals surface area contributed by atoms with Crippen molar-refractivity contribution in [3.8, 4) is 5.88 Å². The van der Waals surface area contributed by atoms with E-state index >= 15 is 0 Å². The number of pyridine rings is 1. The van der Waals surface area contributed by atoms with Crippen molar-refractivity contribution in [2.45, 2.75) is 11.3 Å². The summed E-state index contributed by atoms with van der Waals surface area (Å²) in [5.41, 5.74) is 0.142. The van der Waals surface area contributed by atoms with Gasteiger partial charge in [-0.2, -0.15) is 8.42 Å². The molecule has 0 amide bonds. The minimum Gasteiger partial charge on any atom is -0.494 e. The first kappa shape index (κ1) is 13.3. The van der Waals surface area contributed by atoms with Gasteiger partial charge in [-0.25, -0.2) is 0 Å². The summed E-state index contributed by atoms with van der Waals surface area (Å²) in [6, 6.07) is 9.83. The zero-order valence-corrected chi connectivity index (χ0v) is 10.5. The monoisotopic (exact) mass is 281 g/mol. The largest absolute Gasteiger partial charge is 0.494 e. The first-order valence-electron chi connectivity index (χ1n) is 5.34. The number of aromatic amines is 1. The van der Waals surface area contributed by atoms with Gasteiger partial charge in [-0.15, -0.1) is 0 Å². The highest BCUT2D eigenvalue weighted by molar-refractivity contribution is 7.86. The van der Waals surface area contributed by atoms with Crippen molar-refractivity contribution in [2.75, 3.05) is 0 Å². The molecule has 1 heterocycles. The number of benzene rings is 1. The lowest BCUT2D eigenvalue weighted by Crippen LogP contribution is -2.13. The molecule has 0 fully saturated rings. The number of aromatic nitrogens is 1. The van der Waals surface area contributed by atoms with E-state index in [0.717, 1.165) is 11.6 Å². The number of nitrogens with one attached hydrogen (secondary N) is 1. The first-order chi connectivity index (χ1) is 8.88. The Bertz CT molecular complexity index is 749. The summed E-state index contributed by atoms with van der Waals surface area (Å²) < 4.78 is 31.6. The van der Waals surface area contributed by atoms with Gasteiger partial charge < -0.3 is 5.11 Å². The Morgan fingerprint density at radius 3 is 2.37 bits per heavy atom. The summed E-state index contributed by atoms with van der Waals surface area (Å²) in [6.07, 6.45) is 0.105. The molecule has 0 aliphatic carbocycles. The normalized spacial score (nSPS) is 11.4. The quantitative estimate of drug-likeness (QED) is 0.725. The van der Waals surface area contributed by atoms with Crippen LogP contribution in [0.5, 0.6) is 5.88 Å². The highest BCUT2D eigenvalue weighted by Crippen LogP contribution is 2.24. The van der Waals surface area contributed by atoms with Crippen LogP contribution in [-0.4, -0.2) is 23.1 Å². The molecule has 19 heavy (non-hydrogen) atoms. The average Bonchev–Trinajstić information content (AvgIpc) is 2.27. The minimum atomic E-state index is -4.62. The van der Waals surface area contributed by atoms with E-state index in [9.17, 15) is 18.3 Å². The number of aromatic hydroxyl groups is 1. The SMILES string of the molecule is O=c1cc(Cc2ccccc2)c(S(=O)(=O)O)c(O)[nH]1. The second kappa shape index (κ2) is 4.87. The van der Waals surface area contributed by atoms with Crippen LogP contribution in [0, 0.1) is 0 Å². The lowest BCUT2D eigenvalue weighted by atomic mass is 10.1. The van der Waals surface area contributed by atoms with Gasteiger partial charge in [0.2, 0.25) is 5.88 Å². The van der Waals surface area contributed by atoms with Gasteiger partial charge in [-0.3, -0.25) is 14.3 Å². The maximum absolute atomic E-state index is 11.3. The number of hydrogen-bond donors (Lipinski definition) is 3. The zero-order chi connectivity index (χ0) is 14.0. The van der Waals surface area contributed by atoms with Crippen molar-refractivity contribution in [3.63, 3.8) is 0 Å². The van der Waals surface area contributed by atoms with Gasteiger partial charge in [0.05, 0.1) is 0 Å². The second-order valence-corrected chi connectivity index (χ2v) is 5.33. The summed E-state index contributed by atoms with van der Waals surface area (Å²) in [6.45, 7) is 0. The van der Waals surface area contributed by atoms with Crippen LogP contribution in [0.15, 0.2) is 46.1 Å². The topological polar surface area (TPSA) is 107 Å². The predicted octanol–water partition coefficient (Wildman–Crippen LogP) is 0.918. The Balaban J connectivity index is 2.60. The van der Waals surface area contributed by atoms with Crippen LogP contribution in [0.1, 0.15) is 11.1 Å². The Morgan fingerprint density at radius 2 is 1.79 bits per heavy atom. The first-order valence-corrected chi connectivity index (χ1v) is 6.78. The molecule has 6 nitrogen and oxygen atoms in total. The Labute approximate surface area is 109 Å². The molecule has 0 saturated carbocycles. The van der Waals surface area contributed by atoms with Crippen LogP contribution < -0.4 is 5.56 Å². The molecule has 0 atom stereocenters. The minimum absolute atomic E-state index is 0.0370. The smallest absolute Gasteiger partial charge is 0.300 e. The molecule has 1 aromatic carbocycles. The highest BCUT2D eigenvalue weighted by Gasteiger charge is 2.22. The van der Waals surface area contributed by atoms with Crippen molar-refractivity contribution in [2.24, 2.45) is 0 Å². The van der Waals surface area contributed by atoms with Crippen LogP contribution in [0.4, 0.5) is 0 Å². The maximum atomic E-state index is 11.3. The number of hydrogen-bond acceptors (Lipinski definition) is 4. The van der Waals surface area contributed by atoms with Crippen molar-refractivity contribution in [3.05, 3.63) is 57.9 Å². The summed E-state index contributed by atoms with van der Waals surface area (Å²) in [7, 11) is -4.62. The summed E-state index contributed by atoms with van der Waals surface area (Å²) >= 11 is 0. The van der Waals surface area contributed by atoms with Crippen LogP contribution in [-0.2, 0) is 16.5 Å². The van der Waals surface area contributed by atoms with Crippen LogP contribution in [0.2, 0.25) is 0 Å². The summed E-state index contributed by atoms with van der Waals surface area (Å²) in [4.78, 5) is 12.6. The molecule has 0 radical (unpaired) electrons. The molecule has 2 aromatic rings. The molecule has 0 saturated heterocycles. The van der Waals surface area contributed by atoms with E-state index in [1.165, 1.54) is 0 Å². The fraction of sp³-hybridized carbons (Fsp3) is 0.0833. The molecule has 3 N–H and O–H groups in total. The van der Waals surface area contributed by atoms with Gasteiger partial charge in [0.25, 0.3) is 15.7 Å². The van der Waals surface area contributed by atoms with E-state index in [1.54, 1.807) is 30.3 Å². The third kappa shape index (κ3) is 3.01. The summed E-state index contributed by atoms with van der Waals surface area (Å²) in [5, 5.41) is 9.49. The lowest BCUT2D eigenvalue weighted by molar-refractivity contribution is 0.422. The molecule has 0 spiro atoms. The maximum Gasteiger partial charge on any atom is 0.300 e. The molecule has 100 valence electrons. The predicted molar refractivity (Wildman–Crippen MR) is 67.8 cm³/mol. The van der Waals surface area contributed by atoms with Crippen molar-refractivity contribution < 1.29 is 18.1 Å². The van der Waals surface area contributed by atoms with Crippen molar-refractivity contribution in [1.29, 1.82) is 0 Å². The van der Waals surface area contributed by atoms with E-state index in [2.05, 4.69) is 0 Å². The van der Waals surface area contributed by atoms with Gasteiger partial charge in [0, 0.05) is 6.07 Å². The van der Waals surface area contributed by atoms with E-state index < -0.39 is 26.5 Å². The Morgan fingerprint density at radius 1 is 1.16 bits per heavy atom. The van der Waals surface area contributed by atoms with E-state index in [0.29, 0.717) is 0 Å². The number of rotatable bonds is 3. The van der Waals surface area contributed by atoms with E-state index in [1.807, 2.05) is 4.98 Å². The summed E-state index contributed by atoms with van der Waals surface area (Å²) in [5.74, 6) is -0.860. The molecule has 0 bridgehead atoms. The average molecular weight is 281 g/mol. The fourth-order valence-electron chi connectivity index (χ4n) is 1.82. The van der Waals surface area contributed by atoms with E-state index in [-0.39, 0.29) is 12.0 Å². The molecule has 2 rings (SSSR count). The standard InChI is InChI=1S/C12H11NO5S/c14-10-7-9(6-8-4-2-1-3-5-8)11(12(15)13-10)19(16,17)18/h1-5,7H,6H2,(H2,13,14,15)(H,16,17,18). The van der Waals surface area contributed by atoms with Crippen LogP contribution >= 0.6 is 0 Å². The van der Waals surface area contributed by atoms with Crippen LogP contribution in [0.3, 0.4) is 0 Å². The van der Waals surface area contributed by atoms with Gasteiger partial charge in [-0.1, -0.05) is 30.3 Å². The van der Waals surface area contributed by atoms with Gasteiger partial charge in [0.15, 0.2) is 4.90 Å². The number of H-pyrrole nitrogens is 1. The molecular weight excluding hydrogens is 270 g/mol. The molecule has 0 unspecified atom stereocenters. The van der Waals surface area contributed by atoms with Gasteiger partial charge in [-0.05, 0) is 17.5 Å². The molecule has 7 heteroatoms. The third-order valence-corrected chi connectivity index (χ3v) is 3.52. The Hall–Kier alpha value is -2.12. The van der Waals surface area contributed by atoms with E-state index in [4.69, 9.17) is 4.55 Å². The highest BCUT2D eigenvalue weighted by atomic mass is 32.2. The van der Waals surface area contributed by atoms with Crippen molar-refractivity contribution in [1.82, 2.24) is 4.98 Å². The molecular formula is C12H11NO5S. The van der Waals surface area contributed by atoms with Crippen LogP contribution in [0.25, 0.3) is 0 Å².